The highest BCUT2D eigenvalue weighted by Crippen LogP contribution is 2.25. The molecule has 2 amide bonds. The molecule has 1 fully saturated rings. The second-order valence-electron chi connectivity index (χ2n) is 6.86. The summed E-state index contributed by atoms with van der Waals surface area (Å²) in [5, 5.41) is 9.72. The van der Waals surface area contributed by atoms with Crippen molar-refractivity contribution in [1.29, 1.82) is 0 Å². The minimum Gasteiger partial charge on any atom is -0.465 e. The van der Waals surface area contributed by atoms with Gasteiger partial charge in [0.05, 0.1) is 25.3 Å². The van der Waals surface area contributed by atoms with Gasteiger partial charge in [-0.1, -0.05) is 28.1 Å². The Kier molecular flexibility index (Phi) is 6.87. The quantitative estimate of drug-likeness (QED) is 0.695. The van der Waals surface area contributed by atoms with Crippen molar-refractivity contribution >= 4 is 33.6 Å². The van der Waals surface area contributed by atoms with Crippen molar-refractivity contribution in [1.82, 2.24) is 4.90 Å². The number of rotatable bonds is 4. The number of carbonyl (C=O) groups is 2. The number of methoxy groups -OCH3 is 1. The third-order valence-corrected chi connectivity index (χ3v) is 5.38. The van der Waals surface area contributed by atoms with Crippen LogP contribution in [0.4, 0.5) is 14.9 Å². The van der Waals surface area contributed by atoms with Gasteiger partial charge in [0.25, 0.3) is 0 Å². The molecular formula is C21H22BrFN2O4. The van der Waals surface area contributed by atoms with Crippen molar-refractivity contribution in [3.8, 4) is 0 Å². The summed E-state index contributed by atoms with van der Waals surface area (Å²) in [6.07, 6.45) is 0.627. The van der Waals surface area contributed by atoms with Crippen LogP contribution in [-0.2, 0) is 11.3 Å². The lowest BCUT2D eigenvalue weighted by Crippen LogP contribution is -2.47. The van der Waals surface area contributed by atoms with E-state index in [1.165, 1.54) is 24.1 Å². The van der Waals surface area contributed by atoms with Gasteiger partial charge in [0.15, 0.2) is 0 Å². The molecule has 0 unspecified atom stereocenters. The van der Waals surface area contributed by atoms with E-state index in [-0.39, 0.29) is 23.7 Å². The standard InChI is InChI=1S/C21H22BrFN2O4/c1-29-20(27)14-5-6-15(19(23)11-14)13-25(17-4-2-3-16(22)12-17)21(28)24-9-7-18(26)8-10-24/h2-6,11-12,18,26H,7-10,13H2,1H3. The molecule has 1 N–H and O–H groups in total. The zero-order valence-corrected chi connectivity index (χ0v) is 17.6. The molecule has 0 spiro atoms. The Bertz CT molecular complexity index is 900. The van der Waals surface area contributed by atoms with Crippen molar-refractivity contribution in [2.75, 3.05) is 25.1 Å². The van der Waals surface area contributed by atoms with Gasteiger partial charge in [-0.25, -0.2) is 14.0 Å². The van der Waals surface area contributed by atoms with Crippen molar-refractivity contribution in [3.05, 3.63) is 63.9 Å². The fourth-order valence-electron chi connectivity index (χ4n) is 3.23. The molecule has 2 aromatic rings. The SMILES string of the molecule is COC(=O)c1ccc(CN(C(=O)N2CCC(O)CC2)c2cccc(Br)c2)c(F)c1. The van der Waals surface area contributed by atoms with E-state index >= 15 is 0 Å². The van der Waals surface area contributed by atoms with Gasteiger partial charge in [-0.3, -0.25) is 4.90 Å². The van der Waals surface area contributed by atoms with Crippen molar-refractivity contribution in [3.63, 3.8) is 0 Å². The zero-order valence-electron chi connectivity index (χ0n) is 16.0. The Balaban J connectivity index is 1.89. The summed E-state index contributed by atoms with van der Waals surface area (Å²) in [5.41, 5.74) is 1.01. The smallest absolute Gasteiger partial charge is 0.337 e. The van der Waals surface area contributed by atoms with Crippen LogP contribution in [0.15, 0.2) is 46.9 Å². The topological polar surface area (TPSA) is 70.1 Å². The first kappa shape index (κ1) is 21.3. The lowest BCUT2D eigenvalue weighted by molar-refractivity contribution is 0.0600. The lowest BCUT2D eigenvalue weighted by Gasteiger charge is -2.34. The number of ether oxygens (including phenoxy) is 1. The van der Waals surface area contributed by atoms with Gasteiger partial charge in [-0.2, -0.15) is 0 Å². The fraction of sp³-hybridized carbons (Fsp3) is 0.333. The predicted octanol–water partition coefficient (Wildman–Crippen LogP) is 3.96. The zero-order chi connectivity index (χ0) is 21.0. The van der Waals surface area contributed by atoms with Crippen LogP contribution in [0.3, 0.4) is 0 Å². The normalized spacial score (nSPS) is 14.6. The van der Waals surface area contributed by atoms with Crippen molar-refractivity contribution in [2.45, 2.75) is 25.5 Å². The van der Waals surface area contributed by atoms with Gasteiger partial charge in [0.1, 0.15) is 5.82 Å². The Morgan fingerprint density at radius 3 is 2.59 bits per heavy atom. The molecule has 0 bridgehead atoms. The number of benzene rings is 2. The first-order valence-corrected chi connectivity index (χ1v) is 10.0. The molecule has 154 valence electrons. The number of anilines is 1. The average Bonchev–Trinajstić information content (AvgIpc) is 2.72. The van der Waals surface area contributed by atoms with Gasteiger partial charge in [0.2, 0.25) is 0 Å². The summed E-state index contributed by atoms with van der Waals surface area (Å²) in [4.78, 5) is 28.0. The second kappa shape index (κ2) is 9.37. The number of amides is 2. The number of piperidine rings is 1. The van der Waals surface area contributed by atoms with Crippen LogP contribution in [0.1, 0.15) is 28.8 Å². The molecule has 6 nitrogen and oxygen atoms in total. The van der Waals surface area contributed by atoms with Crippen LogP contribution in [0.25, 0.3) is 0 Å². The molecule has 2 aromatic carbocycles. The number of likely N-dealkylation sites (tertiary alicyclic amines) is 1. The van der Waals surface area contributed by atoms with E-state index in [0.29, 0.717) is 31.6 Å². The third kappa shape index (κ3) is 5.13. The Hall–Kier alpha value is -2.45. The average molecular weight is 465 g/mol. The molecule has 0 aromatic heterocycles. The molecule has 29 heavy (non-hydrogen) atoms. The maximum Gasteiger partial charge on any atom is 0.337 e. The minimum atomic E-state index is -0.623. The molecule has 0 atom stereocenters. The van der Waals surface area contributed by atoms with E-state index in [1.54, 1.807) is 23.1 Å². The second-order valence-corrected chi connectivity index (χ2v) is 7.78. The number of nitrogens with zero attached hydrogens (tertiary/aromatic N) is 2. The molecule has 8 heteroatoms. The van der Waals surface area contributed by atoms with E-state index in [4.69, 9.17) is 0 Å². The Morgan fingerprint density at radius 1 is 1.24 bits per heavy atom. The maximum absolute atomic E-state index is 14.7. The number of hydrogen-bond donors (Lipinski definition) is 1. The third-order valence-electron chi connectivity index (χ3n) is 4.89. The molecule has 1 heterocycles. The van der Waals surface area contributed by atoms with Crippen LogP contribution in [0.5, 0.6) is 0 Å². The summed E-state index contributed by atoms with van der Waals surface area (Å²) < 4.78 is 20.1. The van der Waals surface area contributed by atoms with E-state index < -0.39 is 17.9 Å². The Labute approximate surface area is 177 Å². The number of halogens is 2. The molecule has 0 saturated carbocycles. The summed E-state index contributed by atoms with van der Waals surface area (Å²) >= 11 is 3.41. The van der Waals surface area contributed by atoms with Gasteiger partial charge < -0.3 is 14.7 Å². The van der Waals surface area contributed by atoms with Gasteiger partial charge in [0, 0.05) is 28.8 Å². The summed E-state index contributed by atoms with van der Waals surface area (Å²) in [5.74, 6) is -1.21. The molecule has 1 saturated heterocycles. The number of hydrogen-bond acceptors (Lipinski definition) is 4. The number of urea groups is 1. The molecular weight excluding hydrogens is 443 g/mol. The van der Waals surface area contributed by atoms with Crippen LogP contribution >= 0.6 is 15.9 Å². The number of aliphatic hydroxyl groups is 1. The summed E-state index contributed by atoms with van der Waals surface area (Å²) in [6.45, 7) is 0.879. The van der Waals surface area contributed by atoms with Gasteiger partial charge >= 0.3 is 12.0 Å². The highest BCUT2D eigenvalue weighted by molar-refractivity contribution is 9.10. The van der Waals surface area contributed by atoms with Gasteiger partial charge in [-0.05, 0) is 43.2 Å². The Morgan fingerprint density at radius 2 is 1.97 bits per heavy atom. The van der Waals surface area contributed by atoms with Crippen LogP contribution in [0, 0.1) is 5.82 Å². The van der Waals surface area contributed by atoms with Crippen LogP contribution in [-0.4, -0.2) is 48.3 Å². The highest BCUT2D eigenvalue weighted by atomic mass is 79.9. The molecule has 0 aliphatic carbocycles. The van der Waals surface area contributed by atoms with Crippen LogP contribution in [0.2, 0.25) is 0 Å². The van der Waals surface area contributed by atoms with Crippen molar-refractivity contribution in [2.24, 2.45) is 0 Å². The first-order chi connectivity index (χ1) is 13.9. The number of esters is 1. The predicted molar refractivity (Wildman–Crippen MR) is 110 cm³/mol. The van der Waals surface area contributed by atoms with E-state index in [9.17, 15) is 19.1 Å². The fourth-order valence-corrected chi connectivity index (χ4v) is 3.62. The molecule has 1 aliphatic rings. The monoisotopic (exact) mass is 464 g/mol. The minimum absolute atomic E-state index is 0.00161. The summed E-state index contributed by atoms with van der Waals surface area (Å²) in [6, 6.07) is 11.0. The number of carbonyl (C=O) groups excluding carboxylic acids is 2. The largest absolute Gasteiger partial charge is 0.465 e. The van der Waals surface area contributed by atoms with E-state index in [2.05, 4.69) is 20.7 Å². The lowest BCUT2D eigenvalue weighted by atomic mass is 10.1. The van der Waals surface area contributed by atoms with Gasteiger partial charge in [-0.15, -0.1) is 0 Å². The van der Waals surface area contributed by atoms with E-state index in [0.717, 1.165) is 10.5 Å². The molecule has 0 radical (unpaired) electrons. The highest BCUT2D eigenvalue weighted by Gasteiger charge is 2.27. The van der Waals surface area contributed by atoms with Crippen LogP contribution < -0.4 is 4.90 Å². The van der Waals surface area contributed by atoms with E-state index in [1.807, 2.05) is 6.07 Å². The van der Waals surface area contributed by atoms with Crippen molar-refractivity contribution < 1.29 is 23.8 Å². The first-order valence-electron chi connectivity index (χ1n) is 9.26. The number of aliphatic hydroxyl groups excluding tert-OH is 1. The summed E-state index contributed by atoms with van der Waals surface area (Å²) in [7, 11) is 1.23. The molecule has 1 aliphatic heterocycles. The maximum atomic E-state index is 14.7. The molecule has 3 rings (SSSR count).